The van der Waals surface area contributed by atoms with E-state index in [1.54, 1.807) is 6.92 Å². The Kier molecular flexibility index (Phi) is 6.20. The summed E-state index contributed by atoms with van der Waals surface area (Å²) in [5.41, 5.74) is 3.71. The molecule has 0 aliphatic carbocycles. The minimum absolute atomic E-state index is 0.0986. The first kappa shape index (κ1) is 17.6. The fourth-order valence-corrected chi connectivity index (χ4v) is 3.21. The highest BCUT2D eigenvalue weighted by Gasteiger charge is 2.27. The molecule has 0 saturated heterocycles. The van der Waals surface area contributed by atoms with Crippen LogP contribution in [0.3, 0.4) is 0 Å². The van der Waals surface area contributed by atoms with Crippen LogP contribution in [0.25, 0.3) is 0 Å². The number of hydrogen-bond acceptors (Lipinski definition) is 3. The van der Waals surface area contributed by atoms with Crippen LogP contribution < -0.4 is 0 Å². The van der Waals surface area contributed by atoms with Gasteiger partial charge in [-0.3, -0.25) is 4.79 Å². The van der Waals surface area contributed by atoms with Gasteiger partial charge in [0.05, 0.1) is 32.5 Å². The minimum Gasteiger partial charge on any atom is -0.377 e. The molecule has 1 heterocycles. The van der Waals surface area contributed by atoms with Crippen molar-refractivity contribution < 1.29 is 14.3 Å². The quantitative estimate of drug-likeness (QED) is 0.727. The van der Waals surface area contributed by atoms with Crippen molar-refractivity contribution in [3.63, 3.8) is 0 Å². The van der Waals surface area contributed by atoms with E-state index in [4.69, 9.17) is 9.47 Å². The summed E-state index contributed by atoms with van der Waals surface area (Å²) in [7, 11) is 0. The van der Waals surface area contributed by atoms with Crippen LogP contribution in [0.5, 0.6) is 0 Å². The Labute approximate surface area is 149 Å². The SMILES string of the molecule is CC(=O)N1Cc2ccccc2CC1COCCOCc1ccccc1. The molecule has 1 aliphatic heterocycles. The van der Waals surface area contributed by atoms with Gasteiger partial charge in [-0.1, -0.05) is 54.6 Å². The first-order valence-electron chi connectivity index (χ1n) is 8.77. The monoisotopic (exact) mass is 339 g/mol. The van der Waals surface area contributed by atoms with E-state index in [1.165, 1.54) is 11.1 Å². The highest BCUT2D eigenvalue weighted by molar-refractivity contribution is 5.74. The van der Waals surface area contributed by atoms with E-state index in [9.17, 15) is 4.79 Å². The van der Waals surface area contributed by atoms with Crippen molar-refractivity contribution in [1.29, 1.82) is 0 Å². The van der Waals surface area contributed by atoms with Gasteiger partial charge in [0.25, 0.3) is 0 Å². The van der Waals surface area contributed by atoms with Gasteiger partial charge in [0, 0.05) is 13.5 Å². The molecule has 4 nitrogen and oxygen atoms in total. The van der Waals surface area contributed by atoms with Crippen molar-refractivity contribution in [1.82, 2.24) is 4.90 Å². The lowest BCUT2D eigenvalue weighted by Crippen LogP contribution is -2.45. The molecule has 25 heavy (non-hydrogen) atoms. The summed E-state index contributed by atoms with van der Waals surface area (Å²) in [6, 6.07) is 18.5. The zero-order valence-corrected chi connectivity index (χ0v) is 14.7. The van der Waals surface area contributed by atoms with E-state index in [2.05, 4.69) is 18.2 Å². The Balaban J connectivity index is 1.43. The van der Waals surface area contributed by atoms with Crippen LogP contribution in [-0.4, -0.2) is 36.7 Å². The lowest BCUT2D eigenvalue weighted by molar-refractivity contribution is -0.134. The summed E-state index contributed by atoms with van der Waals surface area (Å²) in [5.74, 6) is 0.100. The molecule has 4 heteroatoms. The Bertz CT molecular complexity index is 687. The maximum absolute atomic E-state index is 12.0. The van der Waals surface area contributed by atoms with Gasteiger partial charge in [-0.15, -0.1) is 0 Å². The van der Waals surface area contributed by atoms with E-state index in [0.717, 1.165) is 12.0 Å². The molecular weight excluding hydrogens is 314 g/mol. The van der Waals surface area contributed by atoms with Crippen LogP contribution in [0.1, 0.15) is 23.6 Å². The maximum atomic E-state index is 12.0. The molecule has 3 rings (SSSR count). The molecule has 1 aliphatic rings. The Morgan fingerprint density at radius 2 is 1.68 bits per heavy atom. The smallest absolute Gasteiger partial charge is 0.220 e. The summed E-state index contributed by atoms with van der Waals surface area (Å²) >= 11 is 0. The molecule has 0 spiro atoms. The van der Waals surface area contributed by atoms with Gasteiger partial charge in [-0.05, 0) is 23.1 Å². The Morgan fingerprint density at radius 3 is 2.44 bits per heavy atom. The van der Waals surface area contributed by atoms with Gasteiger partial charge < -0.3 is 14.4 Å². The van der Waals surface area contributed by atoms with Gasteiger partial charge >= 0.3 is 0 Å². The van der Waals surface area contributed by atoms with Crippen molar-refractivity contribution in [3.8, 4) is 0 Å². The number of ether oxygens (including phenoxy) is 2. The fraction of sp³-hybridized carbons (Fsp3) is 0.381. The van der Waals surface area contributed by atoms with Crippen LogP contribution in [0.4, 0.5) is 0 Å². The van der Waals surface area contributed by atoms with Crippen molar-refractivity contribution in [3.05, 3.63) is 71.3 Å². The largest absolute Gasteiger partial charge is 0.377 e. The van der Waals surface area contributed by atoms with E-state index in [0.29, 0.717) is 33.0 Å². The number of nitrogens with zero attached hydrogens (tertiary/aromatic N) is 1. The zero-order valence-electron chi connectivity index (χ0n) is 14.7. The molecule has 0 N–H and O–H groups in total. The minimum atomic E-state index is 0.0986. The van der Waals surface area contributed by atoms with Crippen molar-refractivity contribution in [2.24, 2.45) is 0 Å². The topological polar surface area (TPSA) is 38.8 Å². The summed E-state index contributed by atoms with van der Waals surface area (Å²) in [6.45, 7) is 4.53. The molecular formula is C21H25NO3. The second kappa shape index (κ2) is 8.79. The van der Waals surface area contributed by atoms with Crippen LogP contribution >= 0.6 is 0 Å². The third-order valence-electron chi connectivity index (χ3n) is 4.55. The molecule has 0 radical (unpaired) electrons. The third kappa shape index (κ3) is 4.91. The number of amides is 1. The summed E-state index contributed by atoms with van der Waals surface area (Å²) in [4.78, 5) is 13.9. The van der Waals surface area contributed by atoms with Crippen molar-refractivity contribution in [2.45, 2.75) is 32.5 Å². The summed E-state index contributed by atoms with van der Waals surface area (Å²) in [6.07, 6.45) is 0.848. The van der Waals surface area contributed by atoms with Crippen LogP contribution in [0.15, 0.2) is 54.6 Å². The number of benzene rings is 2. The number of carbonyl (C=O) groups excluding carboxylic acids is 1. The van der Waals surface area contributed by atoms with Gasteiger partial charge in [-0.2, -0.15) is 0 Å². The predicted molar refractivity (Wildman–Crippen MR) is 97.1 cm³/mol. The van der Waals surface area contributed by atoms with E-state index < -0.39 is 0 Å². The normalized spacial score (nSPS) is 16.5. The van der Waals surface area contributed by atoms with E-state index >= 15 is 0 Å². The highest BCUT2D eigenvalue weighted by atomic mass is 16.5. The molecule has 0 aromatic heterocycles. The second-order valence-electron chi connectivity index (χ2n) is 6.39. The van der Waals surface area contributed by atoms with Crippen molar-refractivity contribution >= 4 is 5.91 Å². The first-order chi connectivity index (χ1) is 12.2. The van der Waals surface area contributed by atoms with Crippen LogP contribution in [-0.2, 0) is 33.8 Å². The van der Waals surface area contributed by atoms with Crippen molar-refractivity contribution in [2.75, 3.05) is 19.8 Å². The molecule has 1 atom stereocenters. The fourth-order valence-electron chi connectivity index (χ4n) is 3.21. The second-order valence-corrected chi connectivity index (χ2v) is 6.39. The lowest BCUT2D eigenvalue weighted by atomic mass is 9.94. The highest BCUT2D eigenvalue weighted by Crippen LogP contribution is 2.23. The molecule has 0 fully saturated rings. The van der Waals surface area contributed by atoms with E-state index in [-0.39, 0.29) is 11.9 Å². The third-order valence-corrected chi connectivity index (χ3v) is 4.55. The molecule has 0 saturated carbocycles. The van der Waals surface area contributed by atoms with Crippen LogP contribution in [0, 0.1) is 0 Å². The van der Waals surface area contributed by atoms with E-state index in [1.807, 2.05) is 41.3 Å². The zero-order chi connectivity index (χ0) is 17.5. The lowest BCUT2D eigenvalue weighted by Gasteiger charge is -2.36. The molecule has 0 bridgehead atoms. The number of fused-ring (bicyclic) bond motifs is 1. The Hall–Kier alpha value is -2.17. The van der Waals surface area contributed by atoms with Gasteiger partial charge in [0.15, 0.2) is 0 Å². The number of hydrogen-bond donors (Lipinski definition) is 0. The van der Waals surface area contributed by atoms with Gasteiger partial charge in [0.2, 0.25) is 5.91 Å². The average Bonchev–Trinajstić information content (AvgIpc) is 2.64. The van der Waals surface area contributed by atoms with Gasteiger partial charge in [0.1, 0.15) is 0 Å². The average molecular weight is 339 g/mol. The molecule has 132 valence electrons. The summed E-state index contributed by atoms with van der Waals surface area (Å²) in [5, 5.41) is 0. The molecule has 1 unspecified atom stereocenters. The van der Waals surface area contributed by atoms with Crippen LogP contribution in [0.2, 0.25) is 0 Å². The maximum Gasteiger partial charge on any atom is 0.220 e. The molecule has 1 amide bonds. The molecule has 2 aromatic carbocycles. The van der Waals surface area contributed by atoms with Gasteiger partial charge in [-0.25, -0.2) is 0 Å². The summed E-state index contributed by atoms with van der Waals surface area (Å²) < 4.78 is 11.4. The molecule has 2 aromatic rings. The number of carbonyl (C=O) groups is 1. The standard InChI is InChI=1S/C21H25NO3/c1-17(23)22-14-20-10-6-5-9-19(20)13-21(22)16-25-12-11-24-15-18-7-3-2-4-8-18/h2-10,21H,11-16H2,1H3. The Morgan fingerprint density at radius 1 is 1.00 bits per heavy atom. The number of rotatable bonds is 7. The first-order valence-corrected chi connectivity index (χ1v) is 8.77. The predicted octanol–water partition coefficient (Wildman–Crippen LogP) is 3.19.